The maximum atomic E-state index is 9.35. The SMILES string of the molecule is C[SiH](C)[Hf]([Cl])([Cl])([C]1(c2ccccc2)C(C(C)(C)C)=Cc2ccccc21)[C]1(c2ccccc2)C(C(C)(C)C)=Cc2ccccc21. The molecule has 6 rings (SSSR count). The number of hydrogen-bond donors (Lipinski definition) is 0. The maximum absolute atomic E-state index is 9.35. The van der Waals surface area contributed by atoms with E-state index in [0.29, 0.717) is 0 Å². The first-order valence-electron chi connectivity index (χ1n) is 16.0. The van der Waals surface area contributed by atoms with Crippen molar-refractivity contribution in [3.8, 4) is 0 Å². The Morgan fingerprint density at radius 3 is 1.14 bits per heavy atom. The summed E-state index contributed by atoms with van der Waals surface area (Å²) >= 11 is -5.82. The minimum absolute atomic E-state index is 0.193. The average molecular weight is 803 g/mol. The molecular formula is C40H45Cl2HfSi. The molecule has 0 amide bonds. The van der Waals surface area contributed by atoms with E-state index >= 15 is 0 Å². The number of fused-ring (bicyclic) bond motifs is 2. The van der Waals surface area contributed by atoms with Crippen LogP contribution in [0.1, 0.15) is 74.9 Å². The van der Waals surface area contributed by atoms with Crippen molar-refractivity contribution < 1.29 is 15.3 Å². The normalized spacial score (nSPS) is 22.6. The molecule has 4 heteroatoms. The summed E-state index contributed by atoms with van der Waals surface area (Å²) in [4.78, 5) is 0. The Bertz CT molecular complexity index is 1660. The van der Waals surface area contributed by atoms with Crippen molar-refractivity contribution in [2.45, 2.75) is 61.0 Å². The second-order valence-electron chi connectivity index (χ2n) is 15.3. The third-order valence-corrected chi connectivity index (χ3v) is 88.1. The molecule has 0 spiro atoms. The van der Waals surface area contributed by atoms with Crippen LogP contribution in [-0.4, -0.2) is 5.98 Å². The van der Waals surface area contributed by atoms with Crippen LogP contribution in [0, 0.1) is 10.8 Å². The Labute approximate surface area is 274 Å². The van der Waals surface area contributed by atoms with Crippen LogP contribution in [0.4, 0.5) is 0 Å². The Hall–Kier alpha value is -1.97. The number of allylic oxidation sites excluding steroid dienone is 2. The molecule has 2 unspecified atom stereocenters. The molecule has 2 atom stereocenters. The molecule has 4 aromatic rings. The molecule has 0 radical (unpaired) electrons. The van der Waals surface area contributed by atoms with Crippen LogP contribution in [0.3, 0.4) is 0 Å². The number of halogens is 2. The Kier molecular flexibility index (Phi) is 7.65. The second-order valence-corrected chi connectivity index (χ2v) is 73.1. The van der Waals surface area contributed by atoms with Crippen LogP contribution in [0.25, 0.3) is 12.2 Å². The summed E-state index contributed by atoms with van der Waals surface area (Å²) in [6, 6.07) is 40.2. The van der Waals surface area contributed by atoms with Crippen LogP contribution < -0.4 is 0 Å². The number of hydrogen-bond acceptors (Lipinski definition) is 0. The van der Waals surface area contributed by atoms with Gasteiger partial charge in [0.15, 0.2) is 0 Å². The zero-order valence-corrected chi connectivity index (χ0v) is 33.6. The molecule has 4 aromatic carbocycles. The summed E-state index contributed by atoms with van der Waals surface area (Å²) < 4.78 is -1.32. The van der Waals surface area contributed by atoms with Crippen molar-refractivity contribution in [2.24, 2.45) is 10.8 Å². The predicted octanol–water partition coefficient (Wildman–Crippen LogP) is 11.7. The van der Waals surface area contributed by atoms with Crippen molar-refractivity contribution in [3.63, 3.8) is 0 Å². The van der Waals surface area contributed by atoms with Gasteiger partial charge in [-0.2, -0.15) is 0 Å². The molecular weight excluding hydrogens is 758 g/mol. The van der Waals surface area contributed by atoms with Gasteiger partial charge in [-0.3, -0.25) is 0 Å². The Balaban J connectivity index is 1.97. The average Bonchev–Trinajstić information content (AvgIpc) is 3.55. The second kappa shape index (κ2) is 10.5. The van der Waals surface area contributed by atoms with E-state index in [0.717, 1.165) is 0 Å². The van der Waals surface area contributed by atoms with Gasteiger partial charge in [0.25, 0.3) is 0 Å². The molecule has 44 heavy (non-hydrogen) atoms. The third-order valence-electron chi connectivity index (χ3n) is 10.6. The van der Waals surface area contributed by atoms with Gasteiger partial charge >= 0.3 is 276 Å². The zero-order valence-electron chi connectivity index (χ0n) is 27.4. The van der Waals surface area contributed by atoms with E-state index in [1.807, 2.05) is 0 Å². The molecule has 0 nitrogen and oxygen atoms in total. The molecule has 2 aliphatic rings. The van der Waals surface area contributed by atoms with E-state index < -0.39 is 27.6 Å². The van der Waals surface area contributed by atoms with E-state index in [1.54, 1.807) is 0 Å². The zero-order chi connectivity index (χ0) is 31.8. The van der Waals surface area contributed by atoms with Crippen LogP contribution >= 0.6 is 17.2 Å². The molecule has 0 aromatic heterocycles. The van der Waals surface area contributed by atoms with Crippen molar-refractivity contribution >= 4 is 35.3 Å². The van der Waals surface area contributed by atoms with Crippen molar-refractivity contribution in [3.05, 3.63) is 154 Å². The quantitative estimate of drug-likeness (QED) is 0.176. The van der Waals surface area contributed by atoms with E-state index in [9.17, 15) is 17.2 Å². The van der Waals surface area contributed by atoms with Gasteiger partial charge < -0.3 is 0 Å². The number of benzene rings is 4. The molecule has 0 saturated heterocycles. The predicted molar refractivity (Wildman–Crippen MR) is 193 cm³/mol. The fraction of sp³-hybridized carbons (Fsp3) is 0.300. The van der Waals surface area contributed by atoms with Crippen molar-refractivity contribution in [1.82, 2.24) is 0 Å². The molecule has 0 bridgehead atoms. The van der Waals surface area contributed by atoms with E-state index in [4.69, 9.17) is 0 Å². The fourth-order valence-electron chi connectivity index (χ4n) is 8.97. The van der Waals surface area contributed by atoms with Crippen LogP contribution in [-0.2, 0) is 21.6 Å². The topological polar surface area (TPSA) is 0 Å². The molecule has 0 aliphatic heterocycles. The van der Waals surface area contributed by atoms with Gasteiger partial charge in [-0.1, -0.05) is 0 Å². The van der Waals surface area contributed by atoms with Crippen LogP contribution in [0.2, 0.25) is 13.1 Å². The van der Waals surface area contributed by atoms with Gasteiger partial charge in [-0.25, -0.2) is 0 Å². The van der Waals surface area contributed by atoms with Gasteiger partial charge in [-0.05, 0) is 0 Å². The molecule has 0 saturated carbocycles. The van der Waals surface area contributed by atoms with Crippen LogP contribution in [0.5, 0.6) is 0 Å². The van der Waals surface area contributed by atoms with Crippen molar-refractivity contribution in [1.29, 1.82) is 0 Å². The van der Waals surface area contributed by atoms with E-state index in [-0.39, 0.29) is 10.8 Å². The molecule has 2 aliphatic carbocycles. The first kappa shape index (κ1) is 32.0. The van der Waals surface area contributed by atoms with Gasteiger partial charge in [0.2, 0.25) is 0 Å². The van der Waals surface area contributed by atoms with E-state index in [1.165, 1.54) is 44.5 Å². The minimum atomic E-state index is -5.82. The van der Waals surface area contributed by atoms with Gasteiger partial charge in [0.05, 0.1) is 0 Å². The summed E-state index contributed by atoms with van der Waals surface area (Å²) in [5, 5.41) is 0. The third kappa shape index (κ3) is 3.96. The fourth-order valence-corrected chi connectivity index (χ4v) is 66.4. The van der Waals surface area contributed by atoms with Gasteiger partial charge in [-0.15, -0.1) is 0 Å². The molecule has 0 N–H and O–H groups in total. The number of rotatable bonds is 5. The summed E-state index contributed by atoms with van der Waals surface area (Å²) in [6.45, 7) is 19.1. The monoisotopic (exact) mass is 803 g/mol. The Morgan fingerprint density at radius 2 is 0.818 bits per heavy atom. The summed E-state index contributed by atoms with van der Waals surface area (Å²) in [5.41, 5.74) is 9.85. The summed E-state index contributed by atoms with van der Waals surface area (Å²) in [7, 11) is 18.7. The van der Waals surface area contributed by atoms with Crippen LogP contribution in [0.15, 0.2) is 120 Å². The first-order chi connectivity index (χ1) is 20.6. The van der Waals surface area contributed by atoms with E-state index in [2.05, 4.69) is 176 Å². The Morgan fingerprint density at radius 1 is 0.500 bits per heavy atom. The summed E-state index contributed by atoms with van der Waals surface area (Å²) in [6.07, 6.45) is 4.92. The molecule has 0 heterocycles. The molecule has 0 fully saturated rings. The van der Waals surface area contributed by atoms with Gasteiger partial charge in [0.1, 0.15) is 0 Å². The van der Waals surface area contributed by atoms with Crippen molar-refractivity contribution in [2.75, 3.05) is 0 Å². The van der Waals surface area contributed by atoms with Gasteiger partial charge in [0, 0.05) is 0 Å². The first-order valence-corrected chi connectivity index (χ1v) is 37.6. The summed E-state index contributed by atoms with van der Waals surface area (Å²) in [5.74, 6) is -1.97. The standard InChI is InChI=1S/2C19H19.C2H7Si.2ClH.Hf/c2*1-19(2,3)17-13-15-11-7-8-12-16(15)18(17)14-9-5-4-6-10-14;1-3-2;;;/h2*4-13H,1-3H3;3H,1-2H3;2*1H;/q;;;;;+2/p-2. The molecule has 227 valence electrons.